The molecule has 1 aliphatic heterocycles. The van der Waals surface area contributed by atoms with Gasteiger partial charge in [0, 0.05) is 13.1 Å². The van der Waals surface area contributed by atoms with Crippen LogP contribution >= 0.6 is 0 Å². The first-order valence-corrected chi connectivity index (χ1v) is 8.99. The van der Waals surface area contributed by atoms with Crippen LogP contribution in [0.4, 0.5) is 8.78 Å². The Hall–Kier alpha value is -2.76. The molecule has 1 saturated carbocycles. The van der Waals surface area contributed by atoms with Crippen LogP contribution in [0.3, 0.4) is 0 Å². The number of guanidine groups is 1. The number of nitrogens with two attached hydrogens (primary N) is 1. The minimum Gasteiger partial charge on any atom is -0.369 e. The van der Waals surface area contributed by atoms with Gasteiger partial charge in [-0.2, -0.15) is 0 Å². The Balaban J connectivity index is 1.85. The molecule has 2 aromatic carbocycles. The van der Waals surface area contributed by atoms with Gasteiger partial charge < -0.3 is 5.73 Å². The fraction of sp³-hybridized carbons (Fsp3) is 0.333. The van der Waals surface area contributed by atoms with Gasteiger partial charge in [0.1, 0.15) is 17.2 Å². The molecule has 1 fully saturated rings. The standard InChI is InChI=1S/C21H21F2N3O/c1-21(15-9-16(22)11-17(23)10-15)18(19(27)26(2)20(24)25-21)14-7-5-13(6-8-14)12-3-4-12/h5-12,18H,3-4H2,1-2H3,(H2,24,25)/t18?,21-/m1/s1. The highest BCUT2D eigenvalue weighted by atomic mass is 19.1. The lowest BCUT2D eigenvalue weighted by molar-refractivity contribution is -0.130. The number of rotatable bonds is 3. The molecule has 27 heavy (non-hydrogen) atoms. The Bertz CT molecular complexity index is 917. The second kappa shape index (κ2) is 6.15. The summed E-state index contributed by atoms with van der Waals surface area (Å²) in [6, 6.07) is 11.1. The van der Waals surface area contributed by atoms with Gasteiger partial charge >= 0.3 is 0 Å². The fourth-order valence-corrected chi connectivity index (χ4v) is 3.85. The van der Waals surface area contributed by atoms with E-state index in [0.717, 1.165) is 11.6 Å². The van der Waals surface area contributed by atoms with E-state index in [9.17, 15) is 13.6 Å². The number of hydrogen-bond donors (Lipinski definition) is 1. The molecule has 2 atom stereocenters. The van der Waals surface area contributed by atoms with Crippen LogP contribution in [0.1, 0.15) is 48.3 Å². The third kappa shape index (κ3) is 2.99. The van der Waals surface area contributed by atoms with Crippen LogP contribution in [0, 0.1) is 11.6 Å². The lowest BCUT2D eigenvalue weighted by atomic mass is 9.74. The third-order valence-electron chi connectivity index (χ3n) is 5.60. The molecule has 4 nitrogen and oxygen atoms in total. The molecule has 0 radical (unpaired) electrons. The van der Waals surface area contributed by atoms with Crippen LogP contribution in [-0.2, 0) is 10.3 Å². The van der Waals surface area contributed by atoms with E-state index >= 15 is 0 Å². The van der Waals surface area contributed by atoms with Crippen molar-refractivity contribution >= 4 is 11.9 Å². The number of hydrogen-bond acceptors (Lipinski definition) is 3. The van der Waals surface area contributed by atoms with Crippen LogP contribution in [0.25, 0.3) is 0 Å². The van der Waals surface area contributed by atoms with Crippen LogP contribution < -0.4 is 5.73 Å². The SMILES string of the molecule is CN1C(=O)C(c2ccc(C3CC3)cc2)[C@@](C)(c2cc(F)cc(F)c2)N=C1N. The Morgan fingerprint density at radius 1 is 1.07 bits per heavy atom. The summed E-state index contributed by atoms with van der Waals surface area (Å²) in [4.78, 5) is 18.9. The summed E-state index contributed by atoms with van der Waals surface area (Å²) in [5.74, 6) is -1.79. The molecular weight excluding hydrogens is 348 g/mol. The van der Waals surface area contributed by atoms with Crippen LogP contribution in [0.2, 0.25) is 0 Å². The van der Waals surface area contributed by atoms with Crippen molar-refractivity contribution in [2.45, 2.75) is 37.1 Å². The summed E-state index contributed by atoms with van der Waals surface area (Å²) in [6.45, 7) is 1.69. The topological polar surface area (TPSA) is 58.7 Å². The highest BCUT2D eigenvalue weighted by Gasteiger charge is 2.47. The number of halogens is 2. The van der Waals surface area contributed by atoms with Crippen molar-refractivity contribution in [3.63, 3.8) is 0 Å². The van der Waals surface area contributed by atoms with E-state index in [0.29, 0.717) is 5.92 Å². The smallest absolute Gasteiger partial charge is 0.239 e. The van der Waals surface area contributed by atoms with E-state index in [1.165, 1.54) is 35.4 Å². The number of carbonyl (C=O) groups is 1. The van der Waals surface area contributed by atoms with Crippen molar-refractivity contribution in [1.29, 1.82) is 0 Å². The molecule has 2 aliphatic rings. The largest absolute Gasteiger partial charge is 0.369 e. The first kappa shape index (κ1) is 17.6. The number of amides is 1. The normalized spacial score (nSPS) is 25.5. The van der Waals surface area contributed by atoms with E-state index in [4.69, 9.17) is 5.73 Å². The fourth-order valence-electron chi connectivity index (χ4n) is 3.85. The van der Waals surface area contributed by atoms with Crippen molar-refractivity contribution < 1.29 is 13.6 Å². The van der Waals surface area contributed by atoms with E-state index in [-0.39, 0.29) is 17.4 Å². The van der Waals surface area contributed by atoms with Crippen LogP contribution in [0.15, 0.2) is 47.5 Å². The van der Waals surface area contributed by atoms with Crippen molar-refractivity contribution in [3.8, 4) is 0 Å². The number of aliphatic imine (C=N–C) groups is 1. The van der Waals surface area contributed by atoms with Gasteiger partial charge in [0.15, 0.2) is 5.96 Å². The van der Waals surface area contributed by atoms with Crippen molar-refractivity contribution in [2.24, 2.45) is 10.7 Å². The quantitative estimate of drug-likeness (QED) is 0.898. The van der Waals surface area contributed by atoms with Gasteiger partial charge in [-0.15, -0.1) is 0 Å². The number of nitrogens with zero attached hydrogens (tertiary/aromatic N) is 2. The van der Waals surface area contributed by atoms with Gasteiger partial charge in [-0.25, -0.2) is 13.8 Å². The second-order valence-corrected chi connectivity index (χ2v) is 7.55. The molecule has 6 heteroatoms. The van der Waals surface area contributed by atoms with Gasteiger partial charge in [-0.05, 0) is 54.5 Å². The van der Waals surface area contributed by atoms with E-state index in [1.54, 1.807) is 14.0 Å². The number of carbonyl (C=O) groups excluding carboxylic acids is 1. The van der Waals surface area contributed by atoms with E-state index in [2.05, 4.69) is 4.99 Å². The summed E-state index contributed by atoms with van der Waals surface area (Å²) >= 11 is 0. The van der Waals surface area contributed by atoms with Crippen molar-refractivity contribution in [2.75, 3.05) is 7.05 Å². The van der Waals surface area contributed by atoms with Crippen molar-refractivity contribution in [3.05, 3.63) is 70.8 Å². The van der Waals surface area contributed by atoms with Crippen LogP contribution in [-0.4, -0.2) is 23.8 Å². The van der Waals surface area contributed by atoms with Gasteiger partial charge in [-0.1, -0.05) is 24.3 Å². The molecule has 0 saturated heterocycles. The number of benzene rings is 2. The van der Waals surface area contributed by atoms with Gasteiger partial charge in [0.25, 0.3) is 0 Å². The molecule has 1 amide bonds. The van der Waals surface area contributed by atoms with Gasteiger partial charge in [0.05, 0.1) is 5.92 Å². The maximum Gasteiger partial charge on any atom is 0.239 e. The predicted octanol–water partition coefficient (Wildman–Crippen LogP) is 3.63. The molecule has 4 rings (SSSR count). The molecule has 2 aromatic rings. The molecule has 1 unspecified atom stereocenters. The molecule has 0 bridgehead atoms. The zero-order valence-corrected chi connectivity index (χ0v) is 15.2. The van der Waals surface area contributed by atoms with E-state index in [1.807, 2.05) is 24.3 Å². The van der Waals surface area contributed by atoms with Gasteiger partial charge in [-0.3, -0.25) is 9.69 Å². The Morgan fingerprint density at radius 2 is 1.63 bits per heavy atom. The lowest BCUT2D eigenvalue weighted by Gasteiger charge is -2.41. The summed E-state index contributed by atoms with van der Waals surface area (Å²) in [6.07, 6.45) is 2.37. The maximum atomic E-state index is 13.9. The molecular formula is C21H21F2N3O. The average Bonchev–Trinajstić information content (AvgIpc) is 3.45. The molecule has 1 aliphatic carbocycles. The highest BCUT2D eigenvalue weighted by Crippen LogP contribution is 2.45. The lowest BCUT2D eigenvalue weighted by Crippen LogP contribution is -2.52. The molecule has 0 aromatic heterocycles. The molecule has 0 spiro atoms. The summed E-state index contributed by atoms with van der Waals surface area (Å²) in [7, 11) is 1.55. The zero-order valence-electron chi connectivity index (χ0n) is 15.2. The van der Waals surface area contributed by atoms with Crippen molar-refractivity contribution in [1.82, 2.24) is 4.90 Å². The Labute approximate surface area is 156 Å². The first-order chi connectivity index (χ1) is 12.8. The zero-order chi connectivity index (χ0) is 19.3. The summed E-state index contributed by atoms with van der Waals surface area (Å²) < 4.78 is 27.8. The maximum absolute atomic E-state index is 13.9. The van der Waals surface area contributed by atoms with Gasteiger partial charge in [0.2, 0.25) is 5.91 Å². The second-order valence-electron chi connectivity index (χ2n) is 7.55. The molecule has 140 valence electrons. The monoisotopic (exact) mass is 369 g/mol. The number of likely N-dealkylation sites (N-methyl/N-ethyl adjacent to an activating group) is 1. The summed E-state index contributed by atoms with van der Waals surface area (Å²) in [5.41, 5.74) is 7.00. The average molecular weight is 369 g/mol. The Morgan fingerprint density at radius 3 is 2.19 bits per heavy atom. The highest BCUT2D eigenvalue weighted by molar-refractivity contribution is 6.02. The third-order valence-corrected chi connectivity index (χ3v) is 5.60. The molecule has 2 N–H and O–H groups in total. The minimum absolute atomic E-state index is 0.0259. The summed E-state index contributed by atoms with van der Waals surface area (Å²) in [5, 5.41) is 0. The predicted molar refractivity (Wildman–Crippen MR) is 99.3 cm³/mol. The Kier molecular flexibility index (Phi) is 4.02. The minimum atomic E-state index is -1.21. The molecule has 1 heterocycles. The first-order valence-electron chi connectivity index (χ1n) is 8.99. The van der Waals surface area contributed by atoms with E-state index < -0.39 is 23.1 Å². The van der Waals surface area contributed by atoms with Crippen LogP contribution in [0.5, 0.6) is 0 Å².